The number of benzene rings is 1. The minimum Gasteiger partial charge on any atom is -0.399 e. The van der Waals surface area contributed by atoms with Gasteiger partial charge in [-0.3, -0.25) is 4.99 Å². The van der Waals surface area contributed by atoms with Crippen molar-refractivity contribution in [3.05, 3.63) is 60.3 Å². The van der Waals surface area contributed by atoms with Crippen molar-refractivity contribution in [2.45, 2.75) is 18.6 Å². The predicted octanol–water partition coefficient (Wildman–Crippen LogP) is 3.60. The summed E-state index contributed by atoms with van der Waals surface area (Å²) in [6.45, 7) is 7.93. The van der Waals surface area contributed by atoms with Crippen molar-refractivity contribution in [3.8, 4) is 0 Å². The van der Waals surface area contributed by atoms with Crippen LogP contribution in [0.2, 0.25) is 0 Å². The molecule has 2 nitrogen and oxygen atoms in total. The van der Waals surface area contributed by atoms with Gasteiger partial charge in [-0.2, -0.15) is 0 Å². The molecule has 1 aromatic carbocycles. The number of thioether (sulfide) groups is 1. The first-order chi connectivity index (χ1) is 8.44. The van der Waals surface area contributed by atoms with Crippen molar-refractivity contribution in [2.75, 3.05) is 7.05 Å². The largest absolute Gasteiger partial charge is 0.399 e. The Labute approximate surface area is 114 Å². The minimum absolute atomic E-state index is 0.0764. The van der Waals surface area contributed by atoms with Crippen LogP contribution in [0.25, 0.3) is 0 Å². The molecule has 0 unspecified atom stereocenters. The molecular formula is C15H20N2S. The third kappa shape index (κ3) is 4.80. The van der Waals surface area contributed by atoms with Crippen LogP contribution >= 0.6 is 11.8 Å². The van der Waals surface area contributed by atoms with Crippen LogP contribution < -0.4 is 5.73 Å². The smallest absolute Gasteiger partial charge is 0.0981 e. The zero-order chi connectivity index (χ0) is 13.6. The van der Waals surface area contributed by atoms with Crippen molar-refractivity contribution in [2.24, 2.45) is 10.7 Å². The monoisotopic (exact) mass is 260 g/mol. The van der Waals surface area contributed by atoms with E-state index in [0.717, 1.165) is 10.6 Å². The van der Waals surface area contributed by atoms with E-state index in [1.54, 1.807) is 11.8 Å². The molecule has 0 spiro atoms. The second-order valence-corrected chi connectivity index (χ2v) is 6.15. The first kappa shape index (κ1) is 14.6. The average molecular weight is 260 g/mol. The molecule has 0 aliphatic carbocycles. The molecule has 0 atom stereocenters. The summed E-state index contributed by atoms with van der Waals surface area (Å²) in [5.41, 5.74) is 7.26. The second-order valence-electron chi connectivity index (χ2n) is 4.51. The van der Waals surface area contributed by atoms with Gasteiger partial charge in [0, 0.05) is 23.1 Å². The van der Waals surface area contributed by atoms with E-state index in [0.29, 0.717) is 5.70 Å². The quantitative estimate of drug-likeness (QED) is 0.510. The maximum atomic E-state index is 5.55. The van der Waals surface area contributed by atoms with Gasteiger partial charge in [-0.25, -0.2) is 0 Å². The van der Waals surface area contributed by atoms with Crippen LogP contribution in [0.5, 0.6) is 0 Å². The highest BCUT2D eigenvalue weighted by Crippen LogP contribution is 2.30. The summed E-state index contributed by atoms with van der Waals surface area (Å²) in [7, 11) is 1.82. The Morgan fingerprint density at radius 1 is 1.33 bits per heavy atom. The van der Waals surface area contributed by atoms with Crippen molar-refractivity contribution in [1.82, 2.24) is 0 Å². The molecule has 18 heavy (non-hydrogen) atoms. The van der Waals surface area contributed by atoms with Crippen molar-refractivity contribution < 1.29 is 0 Å². The maximum absolute atomic E-state index is 5.55. The molecule has 0 fully saturated rings. The number of aliphatic imine (C=N–C) groups is 1. The van der Waals surface area contributed by atoms with Crippen LogP contribution in [0.1, 0.15) is 19.4 Å². The first-order valence-electron chi connectivity index (χ1n) is 5.79. The molecule has 1 rings (SSSR count). The van der Waals surface area contributed by atoms with E-state index in [9.17, 15) is 0 Å². The van der Waals surface area contributed by atoms with E-state index in [2.05, 4.69) is 37.6 Å². The van der Waals surface area contributed by atoms with E-state index in [-0.39, 0.29) is 4.75 Å². The van der Waals surface area contributed by atoms with Gasteiger partial charge in [0.05, 0.1) is 5.04 Å². The summed E-state index contributed by atoms with van der Waals surface area (Å²) in [4.78, 5) is 4.36. The summed E-state index contributed by atoms with van der Waals surface area (Å²) in [6.07, 6.45) is 3.89. The zero-order valence-corrected chi connectivity index (χ0v) is 12.0. The number of allylic oxidation sites excluding steroid dienone is 1. The summed E-state index contributed by atoms with van der Waals surface area (Å²) in [6, 6.07) is 10.2. The highest BCUT2D eigenvalue weighted by molar-refractivity contribution is 8.15. The number of rotatable bonds is 4. The molecular weight excluding hydrogens is 240 g/mol. The van der Waals surface area contributed by atoms with E-state index in [4.69, 9.17) is 5.73 Å². The molecule has 0 saturated heterocycles. The number of nitrogens with zero attached hydrogens (tertiary/aromatic N) is 1. The van der Waals surface area contributed by atoms with Crippen LogP contribution in [-0.4, -0.2) is 16.8 Å². The zero-order valence-electron chi connectivity index (χ0n) is 11.2. The van der Waals surface area contributed by atoms with E-state index in [1.165, 1.54) is 0 Å². The SMILES string of the molecule is C=C(N)/C=C\C(C)(C)SC(=NC)c1ccccc1. The molecule has 0 heterocycles. The minimum atomic E-state index is -0.0764. The van der Waals surface area contributed by atoms with Gasteiger partial charge in [0.1, 0.15) is 0 Å². The molecule has 3 heteroatoms. The Kier molecular flexibility index (Phi) is 5.23. The van der Waals surface area contributed by atoms with Crippen LogP contribution in [-0.2, 0) is 0 Å². The molecule has 0 radical (unpaired) electrons. The number of hydrogen-bond acceptors (Lipinski definition) is 3. The Hall–Kier alpha value is -1.48. The lowest BCUT2D eigenvalue weighted by Crippen LogP contribution is -2.15. The Balaban J connectivity index is 2.85. The van der Waals surface area contributed by atoms with Gasteiger partial charge in [-0.1, -0.05) is 54.7 Å². The van der Waals surface area contributed by atoms with Gasteiger partial charge in [0.15, 0.2) is 0 Å². The standard InChI is InChI=1S/C15H20N2S/c1-12(16)10-11-15(2,3)18-14(17-4)13-8-6-5-7-9-13/h5-11H,1,16H2,2-4H3/b11-10-,17-14?. The van der Waals surface area contributed by atoms with Crippen LogP contribution in [0.4, 0.5) is 0 Å². The Morgan fingerprint density at radius 2 is 1.94 bits per heavy atom. The van der Waals surface area contributed by atoms with Crippen LogP contribution in [0.15, 0.2) is 59.8 Å². The summed E-state index contributed by atoms with van der Waals surface area (Å²) in [5, 5.41) is 1.02. The summed E-state index contributed by atoms with van der Waals surface area (Å²) in [5.74, 6) is 0. The van der Waals surface area contributed by atoms with Gasteiger partial charge in [-0.05, 0) is 19.9 Å². The maximum Gasteiger partial charge on any atom is 0.0981 e. The third-order valence-corrected chi connectivity index (χ3v) is 3.56. The van der Waals surface area contributed by atoms with Gasteiger partial charge in [0.2, 0.25) is 0 Å². The summed E-state index contributed by atoms with van der Waals surface area (Å²) < 4.78 is -0.0764. The fourth-order valence-corrected chi connectivity index (χ4v) is 2.38. The molecule has 2 N–H and O–H groups in total. The first-order valence-corrected chi connectivity index (χ1v) is 6.61. The molecule has 0 aliphatic heterocycles. The molecule has 0 aromatic heterocycles. The molecule has 0 amide bonds. The van der Waals surface area contributed by atoms with Crippen molar-refractivity contribution >= 4 is 16.8 Å². The lowest BCUT2D eigenvalue weighted by molar-refractivity contribution is 0.903. The van der Waals surface area contributed by atoms with Gasteiger partial charge in [0.25, 0.3) is 0 Å². The fourth-order valence-electron chi connectivity index (χ4n) is 1.41. The van der Waals surface area contributed by atoms with Crippen molar-refractivity contribution in [3.63, 3.8) is 0 Å². The van der Waals surface area contributed by atoms with Gasteiger partial charge < -0.3 is 5.73 Å². The third-order valence-electron chi connectivity index (χ3n) is 2.28. The van der Waals surface area contributed by atoms with Crippen LogP contribution in [0, 0.1) is 0 Å². The lowest BCUT2D eigenvalue weighted by Gasteiger charge is -2.20. The van der Waals surface area contributed by atoms with Gasteiger partial charge >= 0.3 is 0 Å². The van der Waals surface area contributed by atoms with Crippen molar-refractivity contribution in [1.29, 1.82) is 0 Å². The Bertz CT molecular complexity index is 459. The topological polar surface area (TPSA) is 38.4 Å². The fraction of sp³-hybridized carbons (Fsp3) is 0.267. The van der Waals surface area contributed by atoms with Crippen LogP contribution in [0.3, 0.4) is 0 Å². The molecule has 96 valence electrons. The molecule has 0 saturated carbocycles. The highest BCUT2D eigenvalue weighted by atomic mass is 32.2. The normalized spacial score (nSPS) is 12.9. The summed E-state index contributed by atoms with van der Waals surface area (Å²) >= 11 is 1.71. The number of hydrogen-bond donors (Lipinski definition) is 1. The van der Waals surface area contributed by atoms with E-state index in [1.807, 2.05) is 37.4 Å². The van der Waals surface area contributed by atoms with E-state index < -0.39 is 0 Å². The molecule has 1 aromatic rings. The highest BCUT2D eigenvalue weighted by Gasteiger charge is 2.18. The average Bonchev–Trinajstić information content (AvgIpc) is 2.35. The van der Waals surface area contributed by atoms with Gasteiger partial charge in [-0.15, -0.1) is 0 Å². The number of nitrogens with two attached hydrogens (primary N) is 1. The predicted molar refractivity (Wildman–Crippen MR) is 83.0 cm³/mol. The second kappa shape index (κ2) is 6.45. The molecule has 0 aliphatic rings. The molecule has 0 bridgehead atoms. The lowest BCUT2D eigenvalue weighted by atomic mass is 10.2. The van der Waals surface area contributed by atoms with E-state index >= 15 is 0 Å². The Morgan fingerprint density at radius 3 is 2.44 bits per heavy atom.